The molecule has 0 atom stereocenters. The van der Waals surface area contributed by atoms with Crippen molar-refractivity contribution in [3.8, 4) is 0 Å². The van der Waals surface area contributed by atoms with Gasteiger partial charge in [-0.2, -0.15) is 0 Å². The Balaban J connectivity index is 1.53. The summed E-state index contributed by atoms with van der Waals surface area (Å²) in [6.07, 6.45) is 3.96. The van der Waals surface area contributed by atoms with Crippen molar-refractivity contribution in [2.24, 2.45) is 5.92 Å². The van der Waals surface area contributed by atoms with Crippen molar-refractivity contribution in [3.63, 3.8) is 0 Å². The lowest BCUT2D eigenvalue weighted by atomic mass is 10.0. The maximum Gasteiger partial charge on any atom is 0.161 e. The summed E-state index contributed by atoms with van der Waals surface area (Å²) in [6.45, 7) is 6.03. The molecule has 0 saturated carbocycles. The Morgan fingerprint density at radius 2 is 1.25 bits per heavy atom. The van der Waals surface area contributed by atoms with Crippen LogP contribution in [0.3, 0.4) is 0 Å². The minimum absolute atomic E-state index is 0.0831. The van der Waals surface area contributed by atoms with E-state index in [1.807, 2.05) is 0 Å². The molecule has 2 heteroatoms. The van der Waals surface area contributed by atoms with Gasteiger partial charge in [0.1, 0.15) is 0 Å². The van der Waals surface area contributed by atoms with E-state index in [2.05, 4.69) is 62.4 Å². The van der Waals surface area contributed by atoms with Gasteiger partial charge in [0.2, 0.25) is 0 Å². The van der Waals surface area contributed by atoms with Gasteiger partial charge >= 0.3 is 0 Å². The SMILES string of the molecule is CCc1ccc(Cc2ccc(CC3OCC(CC)CO3)cc2)cc1. The first-order valence-electron chi connectivity index (χ1n) is 9.15. The highest BCUT2D eigenvalue weighted by atomic mass is 16.7. The van der Waals surface area contributed by atoms with E-state index in [0.717, 1.165) is 38.9 Å². The number of hydrogen-bond donors (Lipinski definition) is 0. The Kier molecular flexibility index (Phi) is 6.06. The van der Waals surface area contributed by atoms with E-state index >= 15 is 0 Å². The summed E-state index contributed by atoms with van der Waals surface area (Å²) in [5.74, 6) is 0.558. The van der Waals surface area contributed by atoms with Gasteiger partial charge < -0.3 is 9.47 Å². The van der Waals surface area contributed by atoms with Crippen molar-refractivity contribution < 1.29 is 9.47 Å². The molecular formula is C22H28O2. The molecule has 0 aromatic heterocycles. The molecule has 0 bridgehead atoms. The number of hydrogen-bond acceptors (Lipinski definition) is 2. The molecule has 1 fully saturated rings. The van der Waals surface area contributed by atoms with Crippen LogP contribution in [0.25, 0.3) is 0 Å². The largest absolute Gasteiger partial charge is 0.352 e. The predicted octanol–water partition coefficient (Wildman–Crippen LogP) is 4.78. The van der Waals surface area contributed by atoms with E-state index in [4.69, 9.17) is 9.47 Å². The van der Waals surface area contributed by atoms with Crippen LogP contribution in [-0.2, 0) is 28.7 Å². The van der Waals surface area contributed by atoms with Crippen molar-refractivity contribution in [1.82, 2.24) is 0 Å². The van der Waals surface area contributed by atoms with E-state index in [1.165, 1.54) is 22.3 Å². The molecular weight excluding hydrogens is 296 g/mol. The van der Waals surface area contributed by atoms with E-state index in [-0.39, 0.29) is 6.29 Å². The van der Waals surface area contributed by atoms with Crippen molar-refractivity contribution in [2.75, 3.05) is 13.2 Å². The zero-order chi connectivity index (χ0) is 16.8. The molecule has 0 radical (unpaired) electrons. The van der Waals surface area contributed by atoms with Crippen LogP contribution >= 0.6 is 0 Å². The Morgan fingerprint density at radius 3 is 1.75 bits per heavy atom. The normalized spacial score (nSPS) is 20.9. The molecule has 1 heterocycles. The molecule has 2 aromatic rings. The summed E-state index contributed by atoms with van der Waals surface area (Å²) in [4.78, 5) is 0. The quantitative estimate of drug-likeness (QED) is 0.761. The average Bonchev–Trinajstić information content (AvgIpc) is 2.65. The zero-order valence-corrected chi connectivity index (χ0v) is 14.8. The van der Waals surface area contributed by atoms with Gasteiger partial charge in [0.05, 0.1) is 13.2 Å². The van der Waals surface area contributed by atoms with Crippen molar-refractivity contribution >= 4 is 0 Å². The highest BCUT2D eigenvalue weighted by molar-refractivity contribution is 5.30. The molecule has 0 aliphatic carbocycles. The smallest absolute Gasteiger partial charge is 0.161 e. The molecule has 0 unspecified atom stereocenters. The maximum absolute atomic E-state index is 5.81. The Bertz CT molecular complexity index is 607. The standard InChI is InChI=1S/C22H28O2/c1-3-17-5-7-19(8-6-17)13-20-9-11-21(12-10-20)14-22-23-15-18(4-2)16-24-22/h5-12,18,22H,3-4,13-16H2,1-2H3. The monoisotopic (exact) mass is 324 g/mol. The van der Waals surface area contributed by atoms with Gasteiger partial charge in [0.15, 0.2) is 6.29 Å². The first-order chi connectivity index (χ1) is 11.8. The van der Waals surface area contributed by atoms with Crippen LogP contribution in [-0.4, -0.2) is 19.5 Å². The van der Waals surface area contributed by atoms with Crippen LogP contribution in [0, 0.1) is 5.92 Å². The third-order valence-corrected chi connectivity index (χ3v) is 4.88. The zero-order valence-electron chi connectivity index (χ0n) is 14.8. The van der Waals surface area contributed by atoms with Gasteiger partial charge in [-0.15, -0.1) is 0 Å². The highest BCUT2D eigenvalue weighted by Crippen LogP contribution is 2.18. The summed E-state index contributed by atoms with van der Waals surface area (Å²) in [5, 5.41) is 0. The minimum Gasteiger partial charge on any atom is -0.352 e. The average molecular weight is 324 g/mol. The van der Waals surface area contributed by atoms with Crippen LogP contribution < -0.4 is 0 Å². The molecule has 0 amide bonds. The van der Waals surface area contributed by atoms with Gasteiger partial charge in [0.25, 0.3) is 0 Å². The minimum atomic E-state index is -0.0831. The van der Waals surface area contributed by atoms with E-state index in [0.29, 0.717) is 5.92 Å². The van der Waals surface area contributed by atoms with E-state index in [9.17, 15) is 0 Å². The number of ether oxygens (including phenoxy) is 2. The molecule has 3 rings (SSSR count). The molecule has 1 aliphatic heterocycles. The van der Waals surface area contributed by atoms with Crippen LogP contribution in [0.1, 0.15) is 42.5 Å². The predicted molar refractivity (Wildman–Crippen MR) is 98.2 cm³/mol. The van der Waals surface area contributed by atoms with E-state index in [1.54, 1.807) is 0 Å². The Labute approximate surface area is 145 Å². The molecule has 128 valence electrons. The molecule has 24 heavy (non-hydrogen) atoms. The second kappa shape index (κ2) is 8.46. The van der Waals surface area contributed by atoms with Crippen molar-refractivity contribution in [2.45, 2.75) is 45.8 Å². The summed E-state index contributed by atoms with van der Waals surface area (Å²) < 4.78 is 11.6. The van der Waals surface area contributed by atoms with Gasteiger partial charge in [-0.1, -0.05) is 62.4 Å². The fourth-order valence-corrected chi connectivity index (χ4v) is 3.05. The van der Waals surface area contributed by atoms with Crippen molar-refractivity contribution in [1.29, 1.82) is 0 Å². The lowest BCUT2D eigenvalue weighted by Crippen LogP contribution is -2.33. The third-order valence-electron chi connectivity index (χ3n) is 4.88. The van der Waals surface area contributed by atoms with Gasteiger partial charge in [-0.05, 0) is 41.5 Å². The van der Waals surface area contributed by atoms with Gasteiger partial charge in [0, 0.05) is 12.3 Å². The molecule has 0 N–H and O–H groups in total. The summed E-state index contributed by atoms with van der Waals surface area (Å²) >= 11 is 0. The summed E-state index contributed by atoms with van der Waals surface area (Å²) in [7, 11) is 0. The van der Waals surface area contributed by atoms with Gasteiger partial charge in [-0.3, -0.25) is 0 Å². The maximum atomic E-state index is 5.81. The Hall–Kier alpha value is -1.64. The van der Waals surface area contributed by atoms with E-state index < -0.39 is 0 Å². The van der Waals surface area contributed by atoms with Crippen LogP contribution in [0.5, 0.6) is 0 Å². The molecule has 2 aromatic carbocycles. The molecule has 1 aliphatic rings. The lowest BCUT2D eigenvalue weighted by molar-refractivity contribution is -0.199. The summed E-state index contributed by atoms with van der Waals surface area (Å²) in [6, 6.07) is 17.8. The number of benzene rings is 2. The summed E-state index contributed by atoms with van der Waals surface area (Å²) in [5.41, 5.74) is 5.39. The fourth-order valence-electron chi connectivity index (χ4n) is 3.05. The fraction of sp³-hybridized carbons (Fsp3) is 0.455. The van der Waals surface area contributed by atoms with Crippen LogP contribution in [0.4, 0.5) is 0 Å². The Morgan fingerprint density at radius 1 is 0.750 bits per heavy atom. The lowest BCUT2D eigenvalue weighted by Gasteiger charge is -2.28. The van der Waals surface area contributed by atoms with Gasteiger partial charge in [-0.25, -0.2) is 0 Å². The first kappa shape index (κ1) is 17.2. The van der Waals surface area contributed by atoms with Crippen LogP contribution in [0.2, 0.25) is 0 Å². The number of aryl methyl sites for hydroxylation is 1. The topological polar surface area (TPSA) is 18.5 Å². The second-order valence-corrected chi connectivity index (χ2v) is 6.74. The molecule has 1 saturated heterocycles. The molecule has 0 spiro atoms. The first-order valence-corrected chi connectivity index (χ1v) is 9.15. The van der Waals surface area contributed by atoms with Crippen LogP contribution in [0.15, 0.2) is 48.5 Å². The number of rotatable bonds is 6. The second-order valence-electron chi connectivity index (χ2n) is 6.74. The molecule has 2 nitrogen and oxygen atoms in total. The van der Waals surface area contributed by atoms with Crippen molar-refractivity contribution in [3.05, 3.63) is 70.8 Å². The highest BCUT2D eigenvalue weighted by Gasteiger charge is 2.21. The third kappa shape index (κ3) is 4.68.